The van der Waals surface area contributed by atoms with Gasteiger partial charge in [0.05, 0.1) is 11.7 Å². The molecular weight excluding hydrogens is 150 g/mol. The quantitative estimate of drug-likeness (QED) is 0.693. The number of hydrogen-bond acceptors (Lipinski definition) is 2. The van der Waals surface area contributed by atoms with Crippen LogP contribution in [0.15, 0.2) is 12.3 Å². The minimum absolute atomic E-state index is 0.956. The molecule has 0 amide bonds. The first-order valence-electron chi connectivity index (χ1n) is 4.11. The van der Waals surface area contributed by atoms with E-state index in [1.54, 1.807) is 6.20 Å². The summed E-state index contributed by atoms with van der Waals surface area (Å²) in [5.74, 6) is 0. The Morgan fingerprint density at radius 1 is 1.50 bits per heavy atom. The monoisotopic (exact) mass is 161 g/mol. The van der Waals surface area contributed by atoms with Crippen molar-refractivity contribution >= 4 is 11.0 Å². The largest absolute Gasteiger partial charge is 0.276 e. The number of nitrogens with one attached hydrogen (secondary N) is 1. The molecule has 3 heteroatoms. The fourth-order valence-electron chi connectivity index (χ4n) is 1.38. The van der Waals surface area contributed by atoms with E-state index in [1.807, 2.05) is 0 Å². The smallest absolute Gasteiger partial charge is 0.108 e. The van der Waals surface area contributed by atoms with Crippen molar-refractivity contribution in [3.8, 4) is 0 Å². The summed E-state index contributed by atoms with van der Waals surface area (Å²) >= 11 is 0. The average Bonchev–Trinajstić information content (AvgIpc) is 2.49. The second-order valence-corrected chi connectivity index (χ2v) is 2.91. The van der Waals surface area contributed by atoms with Gasteiger partial charge in [-0.15, -0.1) is 0 Å². The average molecular weight is 161 g/mol. The predicted molar refractivity (Wildman–Crippen MR) is 48.0 cm³/mol. The van der Waals surface area contributed by atoms with Gasteiger partial charge in [-0.3, -0.25) is 5.10 Å². The first kappa shape index (κ1) is 7.28. The highest BCUT2D eigenvalue weighted by atomic mass is 15.1. The van der Waals surface area contributed by atoms with E-state index in [9.17, 15) is 0 Å². The molecule has 1 N–H and O–H groups in total. The Hall–Kier alpha value is -1.38. The van der Waals surface area contributed by atoms with Crippen LogP contribution >= 0.6 is 0 Å². The number of H-pyrrole nitrogens is 1. The van der Waals surface area contributed by atoms with Crippen molar-refractivity contribution in [2.45, 2.75) is 20.3 Å². The molecule has 0 aromatic carbocycles. The maximum absolute atomic E-state index is 4.46. The maximum atomic E-state index is 4.46. The first-order chi connectivity index (χ1) is 5.81. The molecule has 0 bridgehead atoms. The van der Waals surface area contributed by atoms with Crippen molar-refractivity contribution in [2.24, 2.45) is 0 Å². The molecule has 0 aliphatic rings. The van der Waals surface area contributed by atoms with Crippen LogP contribution in [0.4, 0.5) is 0 Å². The molecule has 2 aromatic heterocycles. The van der Waals surface area contributed by atoms with Crippen molar-refractivity contribution in [3.63, 3.8) is 0 Å². The zero-order valence-corrected chi connectivity index (χ0v) is 7.26. The highest BCUT2D eigenvalue weighted by molar-refractivity contribution is 5.74. The van der Waals surface area contributed by atoms with Crippen LogP contribution in [0.1, 0.15) is 18.2 Å². The first-order valence-corrected chi connectivity index (χ1v) is 4.11. The number of rotatable bonds is 1. The van der Waals surface area contributed by atoms with Gasteiger partial charge in [0, 0.05) is 5.69 Å². The van der Waals surface area contributed by atoms with E-state index >= 15 is 0 Å². The summed E-state index contributed by atoms with van der Waals surface area (Å²) in [6.45, 7) is 4.19. The number of nitrogens with zero attached hydrogens (tertiary/aromatic N) is 2. The van der Waals surface area contributed by atoms with Crippen molar-refractivity contribution in [1.82, 2.24) is 15.2 Å². The minimum atomic E-state index is 0.956. The molecule has 0 atom stereocenters. The Balaban J connectivity index is 2.73. The lowest BCUT2D eigenvalue weighted by Gasteiger charge is -2.00. The van der Waals surface area contributed by atoms with Gasteiger partial charge >= 0.3 is 0 Å². The Bertz CT molecular complexity index is 403. The summed E-state index contributed by atoms with van der Waals surface area (Å²) in [4.78, 5) is 4.46. The van der Waals surface area contributed by atoms with Crippen molar-refractivity contribution in [2.75, 3.05) is 0 Å². The topological polar surface area (TPSA) is 41.6 Å². The van der Waals surface area contributed by atoms with E-state index in [4.69, 9.17) is 0 Å². The highest BCUT2D eigenvalue weighted by Crippen LogP contribution is 2.13. The van der Waals surface area contributed by atoms with E-state index in [-0.39, 0.29) is 0 Å². The van der Waals surface area contributed by atoms with Crippen molar-refractivity contribution in [1.29, 1.82) is 0 Å². The number of fused-ring (bicyclic) bond motifs is 1. The van der Waals surface area contributed by atoms with Crippen LogP contribution in [0, 0.1) is 6.92 Å². The molecule has 0 aliphatic carbocycles. The molecule has 0 unspecified atom stereocenters. The van der Waals surface area contributed by atoms with E-state index in [0.717, 1.165) is 23.1 Å². The lowest BCUT2D eigenvalue weighted by atomic mass is 10.1. The Labute approximate surface area is 70.8 Å². The molecule has 0 saturated heterocycles. The molecule has 3 nitrogen and oxygen atoms in total. The van der Waals surface area contributed by atoms with Gasteiger partial charge in [-0.2, -0.15) is 5.10 Å². The summed E-state index contributed by atoms with van der Waals surface area (Å²) in [6.07, 6.45) is 2.74. The third-order valence-electron chi connectivity index (χ3n) is 2.05. The third kappa shape index (κ3) is 0.978. The highest BCUT2D eigenvalue weighted by Gasteiger charge is 2.01. The maximum Gasteiger partial charge on any atom is 0.108 e. The third-order valence-corrected chi connectivity index (χ3v) is 2.05. The molecule has 12 heavy (non-hydrogen) atoms. The van der Waals surface area contributed by atoms with Gasteiger partial charge in [-0.05, 0) is 25.0 Å². The molecule has 2 rings (SSSR count). The van der Waals surface area contributed by atoms with Crippen LogP contribution in [-0.4, -0.2) is 15.2 Å². The molecule has 0 radical (unpaired) electrons. The lowest BCUT2D eigenvalue weighted by Crippen LogP contribution is -1.91. The molecule has 0 fully saturated rings. The van der Waals surface area contributed by atoms with Crippen LogP contribution in [0.3, 0.4) is 0 Å². The lowest BCUT2D eigenvalue weighted by molar-refractivity contribution is 1.03. The van der Waals surface area contributed by atoms with Gasteiger partial charge in [0.15, 0.2) is 0 Å². The van der Waals surface area contributed by atoms with E-state index in [0.29, 0.717) is 0 Å². The number of aromatic nitrogens is 3. The minimum Gasteiger partial charge on any atom is -0.276 e. The fourth-order valence-corrected chi connectivity index (χ4v) is 1.38. The standard InChI is InChI=1S/C9H11N3/c1-3-7-6(2)4-8-9(11-7)5-10-12-8/h4-5H,3H2,1-2H3,(H,10,12). The number of pyridine rings is 1. The fraction of sp³-hybridized carbons (Fsp3) is 0.333. The summed E-state index contributed by atoms with van der Waals surface area (Å²) in [6, 6.07) is 2.09. The van der Waals surface area contributed by atoms with E-state index < -0.39 is 0 Å². The normalized spacial score (nSPS) is 10.8. The van der Waals surface area contributed by atoms with E-state index in [2.05, 4.69) is 35.1 Å². The van der Waals surface area contributed by atoms with Crippen LogP contribution in [0.2, 0.25) is 0 Å². The van der Waals surface area contributed by atoms with Gasteiger partial charge in [0.2, 0.25) is 0 Å². The summed E-state index contributed by atoms with van der Waals surface area (Å²) in [5, 5.41) is 6.83. The second-order valence-electron chi connectivity index (χ2n) is 2.91. The van der Waals surface area contributed by atoms with E-state index in [1.165, 1.54) is 5.56 Å². The molecule has 0 aliphatic heterocycles. The Morgan fingerprint density at radius 2 is 2.33 bits per heavy atom. The summed E-state index contributed by atoms with van der Waals surface area (Å²) < 4.78 is 0. The van der Waals surface area contributed by atoms with Crippen LogP contribution < -0.4 is 0 Å². The number of aromatic amines is 1. The van der Waals surface area contributed by atoms with Crippen LogP contribution in [0.5, 0.6) is 0 Å². The Kier molecular flexibility index (Phi) is 1.57. The number of hydrogen-bond donors (Lipinski definition) is 1. The molecule has 0 spiro atoms. The Morgan fingerprint density at radius 3 is 3.08 bits per heavy atom. The van der Waals surface area contributed by atoms with Gasteiger partial charge in [0.1, 0.15) is 5.52 Å². The van der Waals surface area contributed by atoms with Crippen LogP contribution in [-0.2, 0) is 6.42 Å². The second kappa shape index (κ2) is 2.59. The predicted octanol–water partition coefficient (Wildman–Crippen LogP) is 1.83. The zero-order valence-electron chi connectivity index (χ0n) is 7.26. The zero-order chi connectivity index (χ0) is 8.55. The molecule has 2 aromatic rings. The van der Waals surface area contributed by atoms with Crippen molar-refractivity contribution < 1.29 is 0 Å². The van der Waals surface area contributed by atoms with Crippen molar-refractivity contribution in [3.05, 3.63) is 23.5 Å². The van der Waals surface area contributed by atoms with Gasteiger partial charge < -0.3 is 0 Å². The summed E-state index contributed by atoms with van der Waals surface area (Å²) in [7, 11) is 0. The molecule has 0 saturated carbocycles. The SMILES string of the molecule is CCc1nc2cn[nH]c2cc1C. The van der Waals surface area contributed by atoms with Crippen LogP contribution in [0.25, 0.3) is 11.0 Å². The molecule has 2 heterocycles. The molecule has 62 valence electrons. The summed E-state index contributed by atoms with van der Waals surface area (Å²) in [5.41, 5.74) is 4.36. The van der Waals surface area contributed by atoms with Gasteiger partial charge in [-0.25, -0.2) is 4.98 Å². The molecular formula is C9H11N3. The van der Waals surface area contributed by atoms with Gasteiger partial charge in [-0.1, -0.05) is 6.92 Å². The number of aryl methyl sites for hydroxylation is 2. The van der Waals surface area contributed by atoms with Gasteiger partial charge in [0.25, 0.3) is 0 Å².